The summed E-state index contributed by atoms with van der Waals surface area (Å²) in [6.07, 6.45) is 0. The van der Waals surface area contributed by atoms with Gasteiger partial charge in [-0.15, -0.1) is 0 Å². The fraction of sp³-hybridized carbons (Fsp3) is 0. The van der Waals surface area contributed by atoms with E-state index in [1.165, 1.54) is 24.3 Å². The minimum absolute atomic E-state index is 0.113. The van der Waals surface area contributed by atoms with Crippen molar-refractivity contribution in [3.63, 3.8) is 0 Å². The molecule has 5 heteroatoms. The summed E-state index contributed by atoms with van der Waals surface area (Å²) in [4.78, 5) is 11.1. The van der Waals surface area contributed by atoms with Crippen LogP contribution < -0.4 is 10.1 Å². The van der Waals surface area contributed by atoms with Crippen LogP contribution in [-0.4, -0.2) is 11.1 Å². The minimum atomic E-state index is -1.05. The van der Waals surface area contributed by atoms with Crippen molar-refractivity contribution in [1.29, 1.82) is 0 Å². The van der Waals surface area contributed by atoms with Crippen LogP contribution in [0.15, 0.2) is 36.4 Å². The molecule has 0 saturated heterocycles. The Morgan fingerprint density at radius 3 is 2.83 bits per heavy atom. The molecule has 0 bridgehead atoms. The maximum absolute atomic E-state index is 13.1. The maximum Gasteiger partial charge on any atom is 0.337 e. The second kappa shape index (κ2) is 3.73. The van der Waals surface area contributed by atoms with Gasteiger partial charge in [-0.25, -0.2) is 9.18 Å². The number of rotatable bonds is 1. The lowest BCUT2D eigenvalue weighted by Gasteiger charge is -2.22. The Morgan fingerprint density at radius 1 is 1.22 bits per heavy atom. The summed E-state index contributed by atoms with van der Waals surface area (Å²) in [5, 5.41) is 12.0. The zero-order chi connectivity index (χ0) is 12.7. The number of carboxylic acids is 1. The lowest BCUT2D eigenvalue weighted by molar-refractivity contribution is 0.0697. The van der Waals surface area contributed by atoms with Gasteiger partial charge in [-0.3, -0.25) is 0 Å². The fourth-order valence-corrected chi connectivity index (χ4v) is 1.86. The van der Waals surface area contributed by atoms with Crippen LogP contribution in [-0.2, 0) is 0 Å². The van der Waals surface area contributed by atoms with E-state index in [0.717, 1.165) is 0 Å². The number of benzene rings is 2. The van der Waals surface area contributed by atoms with Crippen molar-refractivity contribution in [2.24, 2.45) is 0 Å². The molecule has 18 heavy (non-hydrogen) atoms. The Hall–Kier alpha value is -2.56. The van der Waals surface area contributed by atoms with Crippen LogP contribution in [0.4, 0.5) is 15.8 Å². The van der Waals surface area contributed by atoms with Crippen LogP contribution in [0.5, 0.6) is 11.5 Å². The largest absolute Gasteiger partial charge is 0.478 e. The van der Waals surface area contributed by atoms with Gasteiger partial charge in [-0.2, -0.15) is 0 Å². The van der Waals surface area contributed by atoms with E-state index in [9.17, 15) is 9.18 Å². The number of aromatic carboxylic acids is 1. The summed E-state index contributed by atoms with van der Waals surface area (Å²) < 4.78 is 18.6. The molecule has 0 aliphatic carbocycles. The first kappa shape index (κ1) is 10.6. The second-order valence-electron chi connectivity index (χ2n) is 3.85. The zero-order valence-corrected chi connectivity index (χ0v) is 9.11. The van der Waals surface area contributed by atoms with Gasteiger partial charge in [-0.1, -0.05) is 6.07 Å². The van der Waals surface area contributed by atoms with Gasteiger partial charge < -0.3 is 15.2 Å². The number of hydrogen-bond donors (Lipinski definition) is 2. The molecule has 0 amide bonds. The highest BCUT2D eigenvalue weighted by molar-refractivity contribution is 5.98. The normalized spacial score (nSPS) is 11.8. The third-order valence-corrected chi connectivity index (χ3v) is 2.68. The Morgan fingerprint density at radius 2 is 2.06 bits per heavy atom. The highest BCUT2D eigenvalue weighted by Gasteiger charge is 2.22. The standard InChI is InChI=1S/C13H8FNO3/c14-7-4-5-9-11(6-7)18-10-3-1-2-8(13(16)17)12(10)15-9/h1-6,15H,(H,16,17). The summed E-state index contributed by atoms with van der Waals surface area (Å²) in [7, 11) is 0. The second-order valence-corrected chi connectivity index (χ2v) is 3.85. The number of hydrogen-bond acceptors (Lipinski definition) is 3. The number of anilines is 2. The van der Waals surface area contributed by atoms with E-state index in [4.69, 9.17) is 9.84 Å². The molecule has 0 aromatic heterocycles. The van der Waals surface area contributed by atoms with Gasteiger partial charge in [0.05, 0.1) is 16.9 Å². The van der Waals surface area contributed by atoms with Crippen molar-refractivity contribution >= 4 is 17.3 Å². The van der Waals surface area contributed by atoms with Crippen molar-refractivity contribution in [2.75, 3.05) is 5.32 Å². The molecule has 90 valence electrons. The smallest absolute Gasteiger partial charge is 0.337 e. The number of ether oxygens (including phenoxy) is 1. The topological polar surface area (TPSA) is 58.6 Å². The van der Waals surface area contributed by atoms with Crippen molar-refractivity contribution in [3.05, 3.63) is 47.8 Å². The maximum atomic E-state index is 13.1. The molecule has 1 heterocycles. The Balaban J connectivity index is 2.13. The van der Waals surface area contributed by atoms with Gasteiger partial charge in [0.15, 0.2) is 11.5 Å². The number of para-hydroxylation sites is 1. The van der Waals surface area contributed by atoms with E-state index in [-0.39, 0.29) is 5.56 Å². The monoisotopic (exact) mass is 245 g/mol. The van der Waals surface area contributed by atoms with Gasteiger partial charge in [0.2, 0.25) is 0 Å². The first-order chi connectivity index (χ1) is 8.65. The van der Waals surface area contributed by atoms with Crippen LogP contribution in [0, 0.1) is 5.82 Å². The molecule has 4 nitrogen and oxygen atoms in total. The summed E-state index contributed by atoms with van der Waals surface area (Å²) in [5.74, 6) is -0.750. The fourth-order valence-electron chi connectivity index (χ4n) is 1.86. The van der Waals surface area contributed by atoms with E-state index in [1.54, 1.807) is 12.1 Å². The first-order valence-corrected chi connectivity index (χ1v) is 5.26. The van der Waals surface area contributed by atoms with Crippen LogP contribution in [0.2, 0.25) is 0 Å². The lowest BCUT2D eigenvalue weighted by atomic mass is 10.1. The quantitative estimate of drug-likeness (QED) is 0.690. The molecule has 0 unspecified atom stereocenters. The molecule has 2 aromatic rings. The number of fused-ring (bicyclic) bond motifs is 2. The molecule has 0 fully saturated rings. The van der Waals surface area contributed by atoms with Crippen LogP contribution >= 0.6 is 0 Å². The van der Waals surface area contributed by atoms with Crippen LogP contribution in [0.1, 0.15) is 10.4 Å². The average Bonchev–Trinajstić information content (AvgIpc) is 2.35. The van der Waals surface area contributed by atoms with Gasteiger partial charge >= 0.3 is 5.97 Å². The predicted octanol–water partition coefficient (Wildman–Crippen LogP) is 3.37. The van der Waals surface area contributed by atoms with Gasteiger partial charge in [-0.05, 0) is 24.3 Å². The summed E-state index contributed by atoms with van der Waals surface area (Å²) in [6.45, 7) is 0. The molecule has 1 aliphatic heterocycles. The minimum Gasteiger partial charge on any atom is -0.478 e. The number of nitrogens with one attached hydrogen (secondary N) is 1. The molecule has 0 atom stereocenters. The van der Waals surface area contributed by atoms with Crippen LogP contribution in [0.25, 0.3) is 0 Å². The van der Waals surface area contributed by atoms with Crippen molar-refractivity contribution in [1.82, 2.24) is 0 Å². The first-order valence-electron chi connectivity index (χ1n) is 5.26. The Bertz CT molecular complexity index is 655. The van der Waals surface area contributed by atoms with Gasteiger partial charge in [0.1, 0.15) is 5.82 Å². The molecule has 3 rings (SSSR count). The molecular weight excluding hydrogens is 237 g/mol. The van der Waals surface area contributed by atoms with Gasteiger partial charge in [0, 0.05) is 6.07 Å². The highest BCUT2D eigenvalue weighted by Crippen LogP contribution is 2.43. The molecule has 2 aromatic carbocycles. The number of carbonyl (C=O) groups is 1. The van der Waals surface area contributed by atoms with Crippen molar-refractivity contribution in [3.8, 4) is 11.5 Å². The van der Waals surface area contributed by atoms with Crippen LogP contribution in [0.3, 0.4) is 0 Å². The van der Waals surface area contributed by atoms with E-state index in [0.29, 0.717) is 22.9 Å². The van der Waals surface area contributed by atoms with E-state index >= 15 is 0 Å². The molecule has 0 spiro atoms. The molecule has 2 N–H and O–H groups in total. The number of halogens is 1. The SMILES string of the molecule is O=C(O)c1cccc2c1Nc1ccc(F)cc1O2. The van der Waals surface area contributed by atoms with Gasteiger partial charge in [0.25, 0.3) is 0 Å². The molecule has 0 saturated carbocycles. The number of carboxylic acid groups (broad SMARTS) is 1. The van der Waals surface area contributed by atoms with E-state index in [1.807, 2.05) is 0 Å². The third-order valence-electron chi connectivity index (χ3n) is 2.68. The Labute approximate surface area is 102 Å². The molecule has 0 radical (unpaired) electrons. The Kier molecular flexibility index (Phi) is 2.19. The summed E-state index contributed by atoms with van der Waals surface area (Å²) >= 11 is 0. The van der Waals surface area contributed by atoms with Crippen molar-refractivity contribution < 1.29 is 19.0 Å². The summed E-state index contributed by atoms with van der Waals surface area (Å²) in [6, 6.07) is 8.72. The predicted molar refractivity (Wildman–Crippen MR) is 63.2 cm³/mol. The summed E-state index contributed by atoms with van der Waals surface area (Å²) in [5.41, 5.74) is 1.03. The lowest BCUT2D eigenvalue weighted by Crippen LogP contribution is -2.08. The zero-order valence-electron chi connectivity index (χ0n) is 9.11. The van der Waals surface area contributed by atoms with E-state index in [2.05, 4.69) is 5.32 Å². The molecule has 1 aliphatic rings. The average molecular weight is 245 g/mol. The van der Waals surface area contributed by atoms with Crippen molar-refractivity contribution in [2.45, 2.75) is 0 Å². The third kappa shape index (κ3) is 1.57. The van der Waals surface area contributed by atoms with E-state index < -0.39 is 11.8 Å². The molecular formula is C13H8FNO3. The highest BCUT2D eigenvalue weighted by atomic mass is 19.1.